The number of anilines is 1. The van der Waals surface area contributed by atoms with Gasteiger partial charge in [-0.05, 0) is 69.1 Å². The summed E-state index contributed by atoms with van der Waals surface area (Å²) in [6.07, 6.45) is 2.61. The predicted molar refractivity (Wildman–Crippen MR) is 99.5 cm³/mol. The summed E-state index contributed by atoms with van der Waals surface area (Å²) in [5.74, 6) is 0.0690. The van der Waals surface area contributed by atoms with Gasteiger partial charge in [-0.25, -0.2) is 0 Å². The maximum absolute atomic E-state index is 12.9. The summed E-state index contributed by atoms with van der Waals surface area (Å²) in [6.45, 7) is 8.11. The third-order valence-corrected chi connectivity index (χ3v) is 4.77. The lowest BCUT2D eigenvalue weighted by Gasteiger charge is -2.23. The number of benzene rings is 2. The van der Waals surface area contributed by atoms with Gasteiger partial charge >= 0.3 is 0 Å². The number of para-hydroxylation sites is 1. The van der Waals surface area contributed by atoms with Crippen LogP contribution in [0.1, 0.15) is 41.3 Å². The summed E-state index contributed by atoms with van der Waals surface area (Å²) in [4.78, 5) is 17.2. The molecular formula is C21H26N2O. The van der Waals surface area contributed by atoms with Crippen molar-refractivity contribution in [1.29, 1.82) is 0 Å². The minimum absolute atomic E-state index is 0.0690. The lowest BCUT2D eigenvalue weighted by atomic mass is 10.1. The summed E-state index contributed by atoms with van der Waals surface area (Å²) in [5, 5.41) is 0. The van der Waals surface area contributed by atoms with Gasteiger partial charge in [0.15, 0.2) is 0 Å². The Balaban J connectivity index is 1.74. The number of likely N-dealkylation sites (tertiary alicyclic amines) is 1. The van der Waals surface area contributed by atoms with Crippen molar-refractivity contribution in [2.45, 2.75) is 33.2 Å². The van der Waals surface area contributed by atoms with E-state index in [2.05, 4.69) is 17.0 Å². The zero-order valence-electron chi connectivity index (χ0n) is 14.7. The van der Waals surface area contributed by atoms with Crippen molar-refractivity contribution in [3.05, 3.63) is 65.2 Å². The molecule has 0 saturated carbocycles. The van der Waals surface area contributed by atoms with Gasteiger partial charge in [0.05, 0.1) is 0 Å². The van der Waals surface area contributed by atoms with Crippen molar-refractivity contribution in [3.63, 3.8) is 0 Å². The predicted octanol–water partition coefficient (Wildman–Crippen LogP) is 4.26. The SMILES string of the molecule is CCN(C(=O)c1ccc(CN2CCCC2)cc1)c1ccccc1C. The van der Waals surface area contributed by atoms with Crippen molar-refractivity contribution in [2.24, 2.45) is 0 Å². The number of carbonyl (C=O) groups is 1. The monoisotopic (exact) mass is 322 g/mol. The van der Waals surface area contributed by atoms with Crippen molar-refractivity contribution in [2.75, 3.05) is 24.5 Å². The first-order chi connectivity index (χ1) is 11.7. The quantitative estimate of drug-likeness (QED) is 0.821. The molecule has 24 heavy (non-hydrogen) atoms. The van der Waals surface area contributed by atoms with Gasteiger partial charge in [0.25, 0.3) is 5.91 Å². The number of hydrogen-bond acceptors (Lipinski definition) is 2. The van der Waals surface area contributed by atoms with Gasteiger partial charge in [-0.2, -0.15) is 0 Å². The van der Waals surface area contributed by atoms with Crippen LogP contribution in [-0.4, -0.2) is 30.4 Å². The molecule has 0 unspecified atom stereocenters. The number of hydrogen-bond donors (Lipinski definition) is 0. The highest BCUT2D eigenvalue weighted by molar-refractivity contribution is 6.06. The number of rotatable bonds is 5. The van der Waals surface area contributed by atoms with Crippen LogP contribution in [0.2, 0.25) is 0 Å². The summed E-state index contributed by atoms with van der Waals surface area (Å²) in [5.41, 5.74) is 4.15. The maximum Gasteiger partial charge on any atom is 0.258 e. The van der Waals surface area contributed by atoms with Crippen molar-refractivity contribution >= 4 is 11.6 Å². The molecule has 0 N–H and O–H groups in total. The molecule has 2 aromatic rings. The van der Waals surface area contributed by atoms with Gasteiger partial charge in [0.1, 0.15) is 0 Å². The summed E-state index contributed by atoms with van der Waals surface area (Å²) in [6, 6.07) is 16.2. The van der Waals surface area contributed by atoms with Gasteiger partial charge in [0, 0.05) is 24.3 Å². The van der Waals surface area contributed by atoms with Gasteiger partial charge in [-0.15, -0.1) is 0 Å². The molecule has 1 aliphatic heterocycles. The van der Waals surface area contributed by atoms with Crippen molar-refractivity contribution in [1.82, 2.24) is 4.90 Å². The van der Waals surface area contributed by atoms with Crippen LogP contribution in [0.3, 0.4) is 0 Å². The van der Waals surface area contributed by atoms with E-state index in [0.29, 0.717) is 6.54 Å². The smallest absolute Gasteiger partial charge is 0.258 e. The van der Waals surface area contributed by atoms with Gasteiger partial charge in [-0.1, -0.05) is 30.3 Å². The summed E-state index contributed by atoms with van der Waals surface area (Å²) >= 11 is 0. The normalized spacial score (nSPS) is 14.8. The fourth-order valence-electron chi connectivity index (χ4n) is 3.40. The Labute approximate surface area is 144 Å². The van der Waals surface area contributed by atoms with Crippen LogP contribution in [0, 0.1) is 6.92 Å². The maximum atomic E-state index is 12.9. The third kappa shape index (κ3) is 3.68. The molecular weight excluding hydrogens is 296 g/mol. The largest absolute Gasteiger partial charge is 0.308 e. The topological polar surface area (TPSA) is 23.6 Å². The van der Waals surface area contributed by atoms with E-state index in [-0.39, 0.29) is 5.91 Å². The fraction of sp³-hybridized carbons (Fsp3) is 0.381. The molecule has 0 bridgehead atoms. The first kappa shape index (κ1) is 16.7. The van der Waals surface area contributed by atoms with Crippen LogP contribution in [0.5, 0.6) is 0 Å². The second-order valence-corrected chi connectivity index (χ2v) is 6.52. The van der Waals surface area contributed by atoms with Crippen LogP contribution < -0.4 is 4.90 Å². The lowest BCUT2D eigenvalue weighted by Crippen LogP contribution is -2.31. The Kier molecular flexibility index (Phi) is 5.31. The van der Waals surface area contributed by atoms with E-state index in [4.69, 9.17) is 0 Å². The first-order valence-electron chi connectivity index (χ1n) is 8.88. The average Bonchev–Trinajstić information content (AvgIpc) is 3.11. The van der Waals surface area contributed by atoms with E-state index < -0.39 is 0 Å². The van der Waals surface area contributed by atoms with Crippen LogP contribution in [0.25, 0.3) is 0 Å². The van der Waals surface area contributed by atoms with E-state index in [1.54, 1.807) is 0 Å². The van der Waals surface area contributed by atoms with Gasteiger partial charge in [-0.3, -0.25) is 9.69 Å². The van der Waals surface area contributed by atoms with E-state index in [0.717, 1.165) is 23.4 Å². The number of nitrogens with zero attached hydrogens (tertiary/aromatic N) is 2. The molecule has 0 atom stereocenters. The summed E-state index contributed by atoms with van der Waals surface area (Å²) in [7, 11) is 0. The second-order valence-electron chi connectivity index (χ2n) is 6.52. The second kappa shape index (κ2) is 7.63. The molecule has 0 radical (unpaired) electrons. The fourth-order valence-corrected chi connectivity index (χ4v) is 3.40. The van der Waals surface area contributed by atoms with Crippen LogP contribution in [0.15, 0.2) is 48.5 Å². The van der Waals surface area contributed by atoms with Crippen molar-refractivity contribution < 1.29 is 4.79 Å². The number of carbonyl (C=O) groups excluding carboxylic acids is 1. The Bertz CT molecular complexity index is 687. The number of aryl methyl sites for hydroxylation is 1. The highest BCUT2D eigenvalue weighted by Gasteiger charge is 2.18. The Hall–Kier alpha value is -2.13. The number of amides is 1. The Morgan fingerprint density at radius 1 is 1.04 bits per heavy atom. The summed E-state index contributed by atoms with van der Waals surface area (Å²) < 4.78 is 0. The minimum Gasteiger partial charge on any atom is -0.308 e. The first-order valence-corrected chi connectivity index (χ1v) is 8.88. The van der Waals surface area contributed by atoms with Crippen LogP contribution in [0.4, 0.5) is 5.69 Å². The molecule has 2 aromatic carbocycles. The zero-order chi connectivity index (χ0) is 16.9. The molecule has 3 nitrogen and oxygen atoms in total. The van der Waals surface area contributed by atoms with Crippen LogP contribution in [-0.2, 0) is 6.54 Å². The average molecular weight is 322 g/mol. The highest BCUT2D eigenvalue weighted by Crippen LogP contribution is 2.22. The highest BCUT2D eigenvalue weighted by atomic mass is 16.2. The standard InChI is InChI=1S/C21H26N2O/c1-3-23(20-9-5-4-8-17(20)2)21(24)19-12-10-18(11-13-19)16-22-14-6-7-15-22/h4-5,8-13H,3,6-7,14-16H2,1-2H3. The minimum atomic E-state index is 0.0690. The van der Waals surface area contributed by atoms with E-state index >= 15 is 0 Å². The molecule has 1 aliphatic rings. The lowest BCUT2D eigenvalue weighted by molar-refractivity contribution is 0.0988. The van der Waals surface area contributed by atoms with E-state index in [1.807, 2.05) is 55.1 Å². The molecule has 0 aliphatic carbocycles. The molecule has 1 fully saturated rings. The molecule has 1 amide bonds. The van der Waals surface area contributed by atoms with Crippen LogP contribution >= 0.6 is 0 Å². The zero-order valence-corrected chi connectivity index (χ0v) is 14.7. The molecule has 3 heteroatoms. The van der Waals surface area contributed by atoms with E-state index in [1.165, 1.54) is 31.5 Å². The van der Waals surface area contributed by atoms with Crippen molar-refractivity contribution in [3.8, 4) is 0 Å². The molecule has 1 heterocycles. The molecule has 126 valence electrons. The van der Waals surface area contributed by atoms with Gasteiger partial charge < -0.3 is 4.90 Å². The Morgan fingerprint density at radius 3 is 2.33 bits per heavy atom. The molecule has 0 spiro atoms. The molecule has 1 saturated heterocycles. The third-order valence-electron chi connectivity index (χ3n) is 4.77. The molecule has 3 rings (SSSR count). The van der Waals surface area contributed by atoms with Gasteiger partial charge in [0.2, 0.25) is 0 Å². The Morgan fingerprint density at radius 2 is 1.71 bits per heavy atom. The van der Waals surface area contributed by atoms with E-state index in [9.17, 15) is 4.79 Å². The molecule has 0 aromatic heterocycles.